The van der Waals surface area contributed by atoms with E-state index >= 15 is 0 Å². The lowest BCUT2D eigenvalue weighted by molar-refractivity contribution is -0.133. The summed E-state index contributed by atoms with van der Waals surface area (Å²) >= 11 is 0. The molecule has 0 aromatic heterocycles. The Balaban J connectivity index is 1.24. The average molecular weight is 555 g/mol. The van der Waals surface area contributed by atoms with Crippen LogP contribution >= 0.6 is 0 Å². The summed E-state index contributed by atoms with van der Waals surface area (Å²) < 4.78 is 0. The van der Waals surface area contributed by atoms with Gasteiger partial charge in [-0.05, 0) is 86.6 Å². The lowest BCUT2D eigenvalue weighted by atomic mass is 9.95. The topological polar surface area (TPSA) is 64.7 Å². The van der Waals surface area contributed by atoms with Crippen molar-refractivity contribution in [2.75, 3.05) is 39.3 Å². The van der Waals surface area contributed by atoms with Crippen LogP contribution in [0.25, 0.3) is 10.8 Å². The van der Waals surface area contributed by atoms with Crippen molar-refractivity contribution in [3.05, 3.63) is 83.9 Å². The summed E-state index contributed by atoms with van der Waals surface area (Å²) in [4.78, 5) is 31.6. The van der Waals surface area contributed by atoms with Gasteiger partial charge in [-0.1, -0.05) is 74.0 Å². The molecule has 1 unspecified atom stereocenters. The predicted molar refractivity (Wildman–Crippen MR) is 167 cm³/mol. The zero-order valence-electron chi connectivity index (χ0n) is 24.6. The number of amides is 2. The molecule has 6 nitrogen and oxygen atoms in total. The molecule has 2 N–H and O–H groups in total. The third-order valence-corrected chi connectivity index (χ3v) is 8.94. The van der Waals surface area contributed by atoms with Gasteiger partial charge in [0.2, 0.25) is 5.91 Å². The zero-order chi connectivity index (χ0) is 28.4. The zero-order valence-corrected chi connectivity index (χ0v) is 24.6. The number of carbonyl (C=O) groups excluding carboxylic acids is 2. The molecule has 0 radical (unpaired) electrons. The lowest BCUT2D eigenvalue weighted by Crippen LogP contribution is -2.49. The number of nitrogens with one attached hydrogen (secondary N) is 2. The number of hydrogen-bond acceptors (Lipinski definition) is 4. The Morgan fingerprint density at radius 2 is 1.71 bits per heavy atom. The minimum Gasteiger partial charge on any atom is -0.350 e. The number of piperidine rings is 1. The van der Waals surface area contributed by atoms with E-state index in [4.69, 9.17) is 0 Å². The summed E-state index contributed by atoms with van der Waals surface area (Å²) in [7, 11) is 0. The van der Waals surface area contributed by atoms with Gasteiger partial charge in [-0.3, -0.25) is 9.59 Å². The second-order valence-electron chi connectivity index (χ2n) is 11.8. The van der Waals surface area contributed by atoms with Crippen molar-refractivity contribution in [1.82, 2.24) is 20.4 Å². The Labute approximate surface area is 245 Å². The number of hydrogen-bond donors (Lipinski definition) is 2. The Kier molecular flexibility index (Phi) is 10.4. The van der Waals surface area contributed by atoms with Crippen LogP contribution in [0.4, 0.5) is 0 Å². The van der Waals surface area contributed by atoms with Gasteiger partial charge in [0.05, 0.1) is 6.04 Å². The molecular formula is C35H46N4O2. The molecule has 3 aromatic rings. The van der Waals surface area contributed by atoms with Crippen LogP contribution in [-0.2, 0) is 4.79 Å². The SMILES string of the molecule is CCC(CN1CC[C@H](CNC(=O)c2ccc3ccccc3c2)N[C@H](CCCN2CCCCC2)C1=O)c1ccccc1. The van der Waals surface area contributed by atoms with E-state index in [2.05, 4.69) is 57.7 Å². The Bertz CT molecular complexity index is 1270. The second kappa shape index (κ2) is 14.6. The maximum absolute atomic E-state index is 13.9. The first-order valence-electron chi connectivity index (χ1n) is 15.7. The highest BCUT2D eigenvalue weighted by Gasteiger charge is 2.32. The van der Waals surface area contributed by atoms with Crippen molar-refractivity contribution in [2.45, 2.75) is 69.9 Å². The molecule has 0 aliphatic carbocycles. The van der Waals surface area contributed by atoms with Crippen LogP contribution in [0.1, 0.15) is 73.7 Å². The largest absolute Gasteiger partial charge is 0.350 e. The Morgan fingerprint density at radius 3 is 2.49 bits per heavy atom. The van der Waals surface area contributed by atoms with Crippen molar-refractivity contribution < 1.29 is 9.59 Å². The number of rotatable bonds is 11. The molecule has 2 fully saturated rings. The van der Waals surface area contributed by atoms with Crippen LogP contribution < -0.4 is 10.6 Å². The average Bonchev–Trinajstić information content (AvgIpc) is 3.17. The van der Waals surface area contributed by atoms with Gasteiger partial charge in [0.15, 0.2) is 0 Å². The number of nitrogens with zero attached hydrogens (tertiary/aromatic N) is 2. The summed E-state index contributed by atoms with van der Waals surface area (Å²) in [5.41, 5.74) is 1.96. The van der Waals surface area contributed by atoms with Gasteiger partial charge in [0.25, 0.3) is 5.91 Å². The Morgan fingerprint density at radius 1 is 0.951 bits per heavy atom. The number of fused-ring (bicyclic) bond motifs is 1. The molecule has 41 heavy (non-hydrogen) atoms. The van der Waals surface area contributed by atoms with Gasteiger partial charge in [0, 0.05) is 37.2 Å². The molecule has 3 atom stereocenters. The summed E-state index contributed by atoms with van der Waals surface area (Å²) in [5, 5.41) is 9.02. The van der Waals surface area contributed by atoms with Crippen molar-refractivity contribution in [2.24, 2.45) is 0 Å². The lowest BCUT2D eigenvalue weighted by Gasteiger charge is -2.30. The molecule has 2 aliphatic rings. The predicted octanol–water partition coefficient (Wildman–Crippen LogP) is 5.59. The van der Waals surface area contributed by atoms with Gasteiger partial charge in [-0.25, -0.2) is 0 Å². The fraction of sp³-hybridized carbons (Fsp3) is 0.486. The smallest absolute Gasteiger partial charge is 0.251 e. The maximum Gasteiger partial charge on any atom is 0.251 e. The first-order chi connectivity index (χ1) is 20.1. The monoisotopic (exact) mass is 554 g/mol. The van der Waals surface area contributed by atoms with Gasteiger partial charge in [-0.15, -0.1) is 0 Å². The molecule has 2 saturated heterocycles. The van der Waals surface area contributed by atoms with Crippen LogP contribution in [0.3, 0.4) is 0 Å². The maximum atomic E-state index is 13.9. The van der Waals surface area contributed by atoms with Crippen LogP contribution in [0.15, 0.2) is 72.8 Å². The summed E-state index contributed by atoms with van der Waals surface area (Å²) in [6.45, 7) is 7.56. The fourth-order valence-electron chi connectivity index (χ4n) is 6.44. The van der Waals surface area contributed by atoms with Crippen LogP contribution in [0.2, 0.25) is 0 Å². The van der Waals surface area contributed by atoms with E-state index in [0.717, 1.165) is 49.5 Å². The molecule has 0 bridgehead atoms. The van der Waals surface area contributed by atoms with Gasteiger partial charge in [0.1, 0.15) is 0 Å². The van der Waals surface area contributed by atoms with Crippen LogP contribution in [-0.4, -0.2) is 73.0 Å². The molecule has 0 saturated carbocycles. The molecular weight excluding hydrogens is 508 g/mol. The summed E-state index contributed by atoms with van der Waals surface area (Å²) in [6.07, 6.45) is 7.54. The molecule has 2 aliphatic heterocycles. The fourth-order valence-corrected chi connectivity index (χ4v) is 6.44. The highest BCUT2D eigenvalue weighted by atomic mass is 16.2. The first-order valence-corrected chi connectivity index (χ1v) is 15.7. The van der Waals surface area contributed by atoms with Crippen molar-refractivity contribution in [3.8, 4) is 0 Å². The van der Waals surface area contributed by atoms with Gasteiger partial charge < -0.3 is 20.4 Å². The summed E-state index contributed by atoms with van der Waals surface area (Å²) in [6, 6.07) is 24.3. The van der Waals surface area contributed by atoms with E-state index in [1.165, 1.54) is 37.9 Å². The number of likely N-dealkylation sites (tertiary alicyclic amines) is 1. The highest BCUT2D eigenvalue weighted by molar-refractivity contribution is 5.98. The normalized spacial score (nSPS) is 21.0. The van der Waals surface area contributed by atoms with E-state index in [-0.39, 0.29) is 23.9 Å². The van der Waals surface area contributed by atoms with E-state index < -0.39 is 0 Å². The molecule has 6 heteroatoms. The first kappa shape index (κ1) is 29.3. The van der Waals surface area contributed by atoms with Crippen molar-refractivity contribution in [1.29, 1.82) is 0 Å². The molecule has 0 spiro atoms. The van der Waals surface area contributed by atoms with Gasteiger partial charge in [-0.2, -0.15) is 0 Å². The minimum atomic E-state index is -0.224. The number of benzene rings is 3. The third-order valence-electron chi connectivity index (χ3n) is 8.94. The van der Waals surface area contributed by atoms with E-state index in [0.29, 0.717) is 24.6 Å². The molecule has 2 amide bonds. The van der Waals surface area contributed by atoms with Gasteiger partial charge >= 0.3 is 0 Å². The van der Waals surface area contributed by atoms with E-state index in [1.54, 1.807) is 0 Å². The molecule has 5 rings (SSSR count). The highest BCUT2D eigenvalue weighted by Crippen LogP contribution is 2.23. The standard InChI is InChI=1S/C35H46N4O2/c1-2-27(28-12-5-3-6-13-28)26-39-23-19-32(37-33(35(39)41)16-11-22-38-20-9-4-10-21-38)25-36-34(40)31-18-17-29-14-7-8-15-30(29)24-31/h3,5-8,12-15,17-18,24,27,32-33,37H,2,4,9-11,16,19-23,25-26H2,1H3,(H,36,40)/t27?,32-,33-/m1/s1. The van der Waals surface area contributed by atoms with E-state index in [9.17, 15) is 9.59 Å². The third kappa shape index (κ3) is 7.96. The summed E-state index contributed by atoms with van der Waals surface area (Å²) in [5.74, 6) is 0.460. The van der Waals surface area contributed by atoms with Crippen LogP contribution in [0.5, 0.6) is 0 Å². The molecule has 2 heterocycles. The second-order valence-corrected chi connectivity index (χ2v) is 11.8. The minimum absolute atomic E-state index is 0.0464. The van der Waals surface area contributed by atoms with Crippen LogP contribution in [0, 0.1) is 0 Å². The van der Waals surface area contributed by atoms with E-state index in [1.807, 2.05) is 42.5 Å². The molecule has 218 valence electrons. The Hall–Kier alpha value is -3.22. The van der Waals surface area contributed by atoms with Crippen molar-refractivity contribution >= 4 is 22.6 Å². The number of carbonyl (C=O) groups is 2. The molecule has 3 aromatic carbocycles. The quantitative estimate of drug-likeness (QED) is 0.324. The van der Waals surface area contributed by atoms with Crippen molar-refractivity contribution in [3.63, 3.8) is 0 Å².